The van der Waals surface area contributed by atoms with Gasteiger partial charge in [-0.1, -0.05) is 0 Å². The van der Waals surface area contributed by atoms with Gasteiger partial charge in [0.1, 0.15) is 0 Å². The number of fused-ring (bicyclic) bond motifs is 1. The van der Waals surface area contributed by atoms with Crippen LogP contribution >= 0.6 is 0 Å². The van der Waals surface area contributed by atoms with Crippen LogP contribution in [-0.4, -0.2) is 9.55 Å². The first kappa shape index (κ1) is 7.53. The minimum absolute atomic E-state index is 0.193. The highest BCUT2D eigenvalue weighted by molar-refractivity contribution is 5.54. The van der Waals surface area contributed by atoms with Crippen molar-refractivity contribution < 1.29 is 4.39 Å². The molecule has 1 aromatic rings. The molecule has 0 bridgehead atoms. The van der Waals surface area contributed by atoms with Gasteiger partial charge >= 0.3 is 0 Å². The third kappa shape index (κ3) is 0.967. The fourth-order valence-corrected chi connectivity index (χ4v) is 1.51. The summed E-state index contributed by atoms with van der Waals surface area (Å²) in [7, 11) is 0. The van der Waals surface area contributed by atoms with E-state index in [2.05, 4.69) is 11.9 Å². The number of halogens is 1. The first-order chi connectivity index (χ1) is 5.68. The molecule has 64 valence electrons. The van der Waals surface area contributed by atoms with Gasteiger partial charge in [0.2, 0.25) is 0 Å². The van der Waals surface area contributed by atoms with Crippen molar-refractivity contribution in [1.82, 2.24) is 9.55 Å². The Labute approximate surface area is 70.7 Å². The third-order valence-corrected chi connectivity index (χ3v) is 2.18. The van der Waals surface area contributed by atoms with E-state index in [4.69, 9.17) is 0 Å². The van der Waals surface area contributed by atoms with Crippen LogP contribution in [0.3, 0.4) is 0 Å². The van der Waals surface area contributed by atoms with Crippen LogP contribution in [0, 0.1) is 6.92 Å². The molecule has 0 saturated heterocycles. The molecule has 0 fully saturated rings. The van der Waals surface area contributed by atoms with E-state index in [-0.39, 0.29) is 5.83 Å². The number of aryl methyl sites for hydroxylation is 1. The van der Waals surface area contributed by atoms with Crippen LogP contribution in [0.4, 0.5) is 4.39 Å². The number of nitrogens with zero attached hydrogens (tertiary/aromatic N) is 2. The van der Waals surface area contributed by atoms with E-state index >= 15 is 0 Å². The maximum Gasteiger partial charge on any atom is 0.169 e. The van der Waals surface area contributed by atoms with Crippen LogP contribution in [0.25, 0.3) is 5.83 Å². The molecule has 0 aliphatic carbocycles. The Morgan fingerprint density at radius 2 is 2.42 bits per heavy atom. The smallest absolute Gasteiger partial charge is 0.169 e. The second-order valence-corrected chi connectivity index (χ2v) is 3.25. The van der Waals surface area contributed by atoms with E-state index in [0.29, 0.717) is 11.9 Å². The van der Waals surface area contributed by atoms with E-state index in [1.807, 2.05) is 17.7 Å². The molecule has 0 aromatic carbocycles. The van der Waals surface area contributed by atoms with Gasteiger partial charge in [0.05, 0.1) is 5.69 Å². The van der Waals surface area contributed by atoms with Crippen LogP contribution in [0.15, 0.2) is 12.3 Å². The maximum absolute atomic E-state index is 13.1. The lowest BCUT2D eigenvalue weighted by Gasteiger charge is -2.17. The number of hydrogen-bond acceptors (Lipinski definition) is 1. The van der Waals surface area contributed by atoms with Gasteiger partial charge in [-0.3, -0.25) is 0 Å². The molecule has 1 unspecified atom stereocenters. The Hall–Kier alpha value is -1.12. The Bertz CT molecular complexity index is 338. The summed E-state index contributed by atoms with van der Waals surface area (Å²) in [5.41, 5.74) is 0.877. The molecular weight excluding hydrogens is 155 g/mol. The predicted octanol–water partition coefficient (Wildman–Crippen LogP) is 2.47. The summed E-state index contributed by atoms with van der Waals surface area (Å²) in [5.74, 6) is 0.285. The molecule has 0 N–H and O–H groups in total. The monoisotopic (exact) mass is 166 g/mol. The van der Waals surface area contributed by atoms with Gasteiger partial charge in [-0.25, -0.2) is 9.37 Å². The average Bonchev–Trinajstić information content (AvgIpc) is 2.41. The Morgan fingerprint density at radius 3 is 3.08 bits per heavy atom. The SMILES string of the molecule is Cc1cn2c(n1)C(F)=CCC2C. The van der Waals surface area contributed by atoms with Crippen molar-refractivity contribution in [3.05, 3.63) is 23.8 Å². The predicted molar refractivity (Wildman–Crippen MR) is 45.4 cm³/mol. The van der Waals surface area contributed by atoms with Crippen LogP contribution in [0.1, 0.15) is 30.9 Å². The lowest BCUT2D eigenvalue weighted by Crippen LogP contribution is -2.10. The molecule has 2 heterocycles. The zero-order valence-electron chi connectivity index (χ0n) is 7.21. The molecule has 12 heavy (non-hydrogen) atoms. The van der Waals surface area contributed by atoms with Gasteiger partial charge in [0, 0.05) is 12.2 Å². The molecule has 1 atom stereocenters. The highest BCUT2D eigenvalue weighted by atomic mass is 19.1. The minimum Gasteiger partial charge on any atom is -0.326 e. The van der Waals surface area contributed by atoms with E-state index in [9.17, 15) is 4.39 Å². The quantitative estimate of drug-likeness (QED) is 0.579. The normalized spacial score (nSPS) is 21.9. The van der Waals surface area contributed by atoms with E-state index in [0.717, 1.165) is 12.1 Å². The third-order valence-electron chi connectivity index (χ3n) is 2.18. The molecule has 1 aromatic heterocycles. The molecule has 1 aliphatic heterocycles. The molecule has 3 heteroatoms. The summed E-state index contributed by atoms with van der Waals surface area (Å²) >= 11 is 0. The molecule has 0 saturated carbocycles. The number of allylic oxidation sites excluding steroid dienone is 1. The summed E-state index contributed by atoms with van der Waals surface area (Å²) in [6.07, 6.45) is 4.26. The first-order valence-electron chi connectivity index (χ1n) is 4.10. The Kier molecular flexibility index (Phi) is 1.53. The Balaban J connectivity index is 2.57. The summed E-state index contributed by atoms with van der Waals surface area (Å²) in [5, 5.41) is 0. The second kappa shape index (κ2) is 2.44. The van der Waals surface area contributed by atoms with E-state index < -0.39 is 0 Å². The zero-order chi connectivity index (χ0) is 8.72. The molecule has 2 nitrogen and oxygen atoms in total. The molecular formula is C9H11FN2. The molecule has 2 rings (SSSR count). The lowest BCUT2D eigenvalue weighted by molar-refractivity contribution is 0.518. The summed E-state index contributed by atoms with van der Waals surface area (Å²) in [4.78, 5) is 4.10. The van der Waals surface area contributed by atoms with E-state index in [1.165, 1.54) is 0 Å². The van der Waals surface area contributed by atoms with E-state index in [1.54, 1.807) is 6.08 Å². The fourth-order valence-electron chi connectivity index (χ4n) is 1.51. The maximum atomic E-state index is 13.1. The van der Waals surface area contributed by atoms with Crippen LogP contribution in [-0.2, 0) is 0 Å². The van der Waals surface area contributed by atoms with Gasteiger partial charge < -0.3 is 4.57 Å². The standard InChI is InChI=1S/C9H11FN2/c1-6-5-12-7(2)3-4-8(10)9(12)11-6/h4-5,7H,3H2,1-2H3. The van der Waals surface area contributed by atoms with Crippen molar-refractivity contribution in [2.24, 2.45) is 0 Å². The number of imidazole rings is 1. The van der Waals surface area contributed by atoms with Gasteiger partial charge in [0.15, 0.2) is 11.7 Å². The van der Waals surface area contributed by atoms with Crippen molar-refractivity contribution in [2.75, 3.05) is 0 Å². The van der Waals surface area contributed by atoms with Gasteiger partial charge in [-0.15, -0.1) is 0 Å². The van der Waals surface area contributed by atoms with Crippen molar-refractivity contribution in [3.63, 3.8) is 0 Å². The van der Waals surface area contributed by atoms with Crippen LogP contribution in [0.2, 0.25) is 0 Å². The summed E-state index contributed by atoms with van der Waals surface area (Å²) < 4.78 is 15.0. The highest BCUT2D eigenvalue weighted by Crippen LogP contribution is 2.27. The lowest BCUT2D eigenvalue weighted by atomic mass is 10.1. The Morgan fingerprint density at radius 1 is 1.67 bits per heavy atom. The molecule has 0 spiro atoms. The number of hydrogen-bond donors (Lipinski definition) is 0. The number of rotatable bonds is 0. The molecule has 0 radical (unpaired) electrons. The minimum atomic E-state index is -0.193. The van der Waals surface area contributed by atoms with Crippen molar-refractivity contribution >= 4 is 5.83 Å². The largest absolute Gasteiger partial charge is 0.326 e. The highest BCUT2D eigenvalue weighted by Gasteiger charge is 2.19. The first-order valence-corrected chi connectivity index (χ1v) is 4.10. The summed E-state index contributed by atoms with van der Waals surface area (Å²) in [6.45, 7) is 3.94. The fraction of sp³-hybridized carbons (Fsp3) is 0.444. The van der Waals surface area contributed by atoms with Crippen molar-refractivity contribution in [3.8, 4) is 0 Å². The van der Waals surface area contributed by atoms with Crippen molar-refractivity contribution in [1.29, 1.82) is 0 Å². The number of aromatic nitrogens is 2. The molecule has 0 amide bonds. The second-order valence-electron chi connectivity index (χ2n) is 3.25. The van der Waals surface area contributed by atoms with Gasteiger partial charge in [-0.05, 0) is 26.3 Å². The molecule has 1 aliphatic rings. The zero-order valence-corrected chi connectivity index (χ0v) is 7.21. The van der Waals surface area contributed by atoms with Crippen LogP contribution < -0.4 is 0 Å². The topological polar surface area (TPSA) is 17.8 Å². The summed E-state index contributed by atoms with van der Waals surface area (Å²) in [6, 6.07) is 0.334. The van der Waals surface area contributed by atoms with Gasteiger partial charge in [0.25, 0.3) is 0 Å². The van der Waals surface area contributed by atoms with Crippen LogP contribution in [0.5, 0.6) is 0 Å². The van der Waals surface area contributed by atoms with Crippen molar-refractivity contribution in [2.45, 2.75) is 26.3 Å². The average molecular weight is 166 g/mol. The van der Waals surface area contributed by atoms with Gasteiger partial charge in [-0.2, -0.15) is 0 Å².